The summed E-state index contributed by atoms with van der Waals surface area (Å²) < 4.78 is 5.79. The van der Waals surface area contributed by atoms with Crippen LogP contribution in [0.2, 0.25) is 0 Å². The Bertz CT molecular complexity index is 871. The molecule has 1 amide bonds. The number of hydrogen-bond acceptors (Lipinski definition) is 4. The Morgan fingerprint density at radius 2 is 1.88 bits per heavy atom. The van der Waals surface area contributed by atoms with Gasteiger partial charge in [0.2, 0.25) is 0 Å². The van der Waals surface area contributed by atoms with Crippen LogP contribution in [0.5, 0.6) is 11.5 Å². The quantitative estimate of drug-likeness (QED) is 0.744. The summed E-state index contributed by atoms with van der Waals surface area (Å²) in [6.07, 6.45) is 0. The number of aromatic amines is 1. The fraction of sp³-hybridized carbons (Fsp3) is 0.211. The normalized spacial score (nSPS) is 11.8. The summed E-state index contributed by atoms with van der Waals surface area (Å²) >= 11 is 0. The first-order chi connectivity index (χ1) is 12.0. The molecule has 1 aromatic heterocycles. The molecule has 0 saturated heterocycles. The highest BCUT2D eigenvalue weighted by atomic mass is 16.5. The van der Waals surface area contributed by atoms with E-state index in [2.05, 4.69) is 20.5 Å². The number of carbonyl (C=O) groups excluding carboxylic acids is 1. The molecule has 0 aliphatic carbocycles. The predicted octanol–water partition coefficient (Wildman–Crippen LogP) is 3.70. The molecule has 25 heavy (non-hydrogen) atoms. The minimum atomic E-state index is -0.277. The van der Waals surface area contributed by atoms with E-state index in [0.717, 1.165) is 11.3 Å². The molecule has 0 saturated carbocycles. The molecule has 3 aromatic rings. The Kier molecular flexibility index (Phi) is 4.79. The maximum absolute atomic E-state index is 12.3. The zero-order valence-electron chi connectivity index (χ0n) is 14.4. The fourth-order valence-corrected chi connectivity index (χ4v) is 2.39. The van der Waals surface area contributed by atoms with Crippen LogP contribution < -0.4 is 10.1 Å². The lowest BCUT2D eigenvalue weighted by molar-refractivity contribution is 0.0938. The monoisotopic (exact) mass is 336 g/mol. The second kappa shape index (κ2) is 7.17. The van der Waals surface area contributed by atoms with Gasteiger partial charge in [0.15, 0.2) is 5.82 Å². The molecule has 3 rings (SSSR count). The Balaban J connectivity index is 1.64. The largest absolute Gasteiger partial charge is 0.457 e. The van der Waals surface area contributed by atoms with Gasteiger partial charge in [0, 0.05) is 5.56 Å². The number of hydrogen-bond donors (Lipinski definition) is 2. The van der Waals surface area contributed by atoms with Crippen molar-refractivity contribution in [3.05, 3.63) is 71.3 Å². The van der Waals surface area contributed by atoms with Crippen molar-refractivity contribution in [2.75, 3.05) is 0 Å². The zero-order valence-corrected chi connectivity index (χ0v) is 14.4. The number of aryl methyl sites for hydroxylation is 2. The number of rotatable bonds is 5. The molecule has 0 aliphatic rings. The second-order valence-corrected chi connectivity index (χ2v) is 5.92. The average molecular weight is 336 g/mol. The van der Waals surface area contributed by atoms with E-state index in [4.69, 9.17) is 4.74 Å². The van der Waals surface area contributed by atoms with Crippen molar-refractivity contribution in [3.63, 3.8) is 0 Å². The third-order valence-corrected chi connectivity index (χ3v) is 3.69. The number of nitrogens with zero attached hydrogens (tertiary/aromatic N) is 2. The number of carbonyl (C=O) groups is 1. The van der Waals surface area contributed by atoms with E-state index >= 15 is 0 Å². The van der Waals surface area contributed by atoms with Gasteiger partial charge in [-0.1, -0.05) is 12.1 Å². The van der Waals surface area contributed by atoms with Crippen molar-refractivity contribution in [1.29, 1.82) is 0 Å². The Hall–Kier alpha value is -3.15. The van der Waals surface area contributed by atoms with E-state index in [1.165, 1.54) is 0 Å². The van der Waals surface area contributed by atoms with E-state index in [0.29, 0.717) is 23.0 Å². The number of nitrogens with one attached hydrogen (secondary N) is 2. The highest BCUT2D eigenvalue weighted by molar-refractivity contribution is 5.94. The fourth-order valence-electron chi connectivity index (χ4n) is 2.39. The van der Waals surface area contributed by atoms with Crippen LogP contribution in [-0.2, 0) is 0 Å². The van der Waals surface area contributed by atoms with Crippen molar-refractivity contribution < 1.29 is 9.53 Å². The Morgan fingerprint density at radius 1 is 1.12 bits per heavy atom. The van der Waals surface area contributed by atoms with Crippen molar-refractivity contribution in [2.24, 2.45) is 0 Å². The van der Waals surface area contributed by atoms with Gasteiger partial charge in [-0.25, -0.2) is 4.98 Å². The molecule has 0 radical (unpaired) electrons. The minimum absolute atomic E-state index is 0.183. The van der Waals surface area contributed by atoms with E-state index in [1.807, 2.05) is 45.0 Å². The number of benzene rings is 2. The molecule has 1 heterocycles. The molecule has 6 heteroatoms. The van der Waals surface area contributed by atoms with Gasteiger partial charge in [-0.15, -0.1) is 0 Å². The van der Waals surface area contributed by atoms with Gasteiger partial charge in [0.25, 0.3) is 5.91 Å². The Labute approximate surface area is 146 Å². The summed E-state index contributed by atoms with van der Waals surface area (Å²) in [5.74, 6) is 2.54. The summed E-state index contributed by atoms with van der Waals surface area (Å²) in [6.45, 7) is 5.67. The molecule has 0 fully saturated rings. The maximum atomic E-state index is 12.3. The standard InChI is InChI=1S/C19H20N4O2/c1-12-5-4-6-17(11-12)25-16-9-7-15(8-10-16)19(24)20-13(2)18-21-14(3)22-23-18/h4-11,13H,1-3H3,(H,20,24)(H,21,22,23)/t13-/m1/s1. The Morgan fingerprint density at radius 3 is 2.52 bits per heavy atom. The topological polar surface area (TPSA) is 79.9 Å². The van der Waals surface area contributed by atoms with Crippen LogP contribution in [0.15, 0.2) is 48.5 Å². The molecule has 2 N–H and O–H groups in total. The van der Waals surface area contributed by atoms with Crippen molar-refractivity contribution in [2.45, 2.75) is 26.8 Å². The first kappa shape index (κ1) is 16.7. The van der Waals surface area contributed by atoms with Gasteiger partial charge in [-0.3, -0.25) is 9.89 Å². The first-order valence-electron chi connectivity index (χ1n) is 8.05. The molecule has 0 unspecified atom stereocenters. The number of ether oxygens (including phenoxy) is 1. The van der Waals surface area contributed by atoms with Gasteiger partial charge in [-0.05, 0) is 62.7 Å². The van der Waals surface area contributed by atoms with E-state index in [9.17, 15) is 4.79 Å². The van der Waals surface area contributed by atoms with E-state index < -0.39 is 0 Å². The summed E-state index contributed by atoms with van der Waals surface area (Å²) in [4.78, 5) is 16.6. The number of aromatic nitrogens is 3. The van der Waals surface area contributed by atoms with Gasteiger partial charge in [0.1, 0.15) is 17.3 Å². The predicted molar refractivity (Wildman–Crippen MR) is 94.7 cm³/mol. The van der Waals surface area contributed by atoms with Gasteiger partial charge >= 0.3 is 0 Å². The molecule has 128 valence electrons. The summed E-state index contributed by atoms with van der Waals surface area (Å²) in [5.41, 5.74) is 1.68. The molecule has 2 aromatic carbocycles. The van der Waals surface area contributed by atoms with Crippen LogP contribution in [0.4, 0.5) is 0 Å². The molecule has 1 atom stereocenters. The van der Waals surface area contributed by atoms with Gasteiger partial charge in [-0.2, -0.15) is 5.10 Å². The second-order valence-electron chi connectivity index (χ2n) is 5.92. The molecule has 0 bridgehead atoms. The van der Waals surface area contributed by atoms with E-state index in [-0.39, 0.29) is 11.9 Å². The maximum Gasteiger partial charge on any atom is 0.251 e. The lowest BCUT2D eigenvalue weighted by Crippen LogP contribution is -2.27. The zero-order chi connectivity index (χ0) is 17.8. The number of H-pyrrole nitrogens is 1. The van der Waals surface area contributed by atoms with Crippen molar-refractivity contribution in [1.82, 2.24) is 20.5 Å². The van der Waals surface area contributed by atoms with Gasteiger partial charge in [0.05, 0.1) is 6.04 Å². The van der Waals surface area contributed by atoms with Gasteiger partial charge < -0.3 is 10.1 Å². The van der Waals surface area contributed by atoms with Crippen LogP contribution in [0, 0.1) is 13.8 Å². The summed E-state index contributed by atoms with van der Waals surface area (Å²) in [6, 6.07) is 14.6. The minimum Gasteiger partial charge on any atom is -0.457 e. The first-order valence-corrected chi connectivity index (χ1v) is 8.05. The summed E-state index contributed by atoms with van der Waals surface area (Å²) in [5, 5.41) is 9.71. The number of amides is 1. The average Bonchev–Trinajstić information content (AvgIpc) is 3.02. The lowest BCUT2D eigenvalue weighted by Gasteiger charge is -2.11. The van der Waals surface area contributed by atoms with Crippen LogP contribution in [0.25, 0.3) is 0 Å². The van der Waals surface area contributed by atoms with Crippen LogP contribution >= 0.6 is 0 Å². The molecular weight excluding hydrogens is 316 g/mol. The third-order valence-electron chi connectivity index (χ3n) is 3.69. The van der Waals surface area contributed by atoms with E-state index in [1.54, 1.807) is 24.3 Å². The molecular formula is C19H20N4O2. The highest BCUT2D eigenvalue weighted by Gasteiger charge is 2.15. The lowest BCUT2D eigenvalue weighted by atomic mass is 10.2. The molecule has 0 spiro atoms. The van der Waals surface area contributed by atoms with Crippen molar-refractivity contribution in [3.8, 4) is 11.5 Å². The van der Waals surface area contributed by atoms with Crippen molar-refractivity contribution >= 4 is 5.91 Å². The highest BCUT2D eigenvalue weighted by Crippen LogP contribution is 2.22. The van der Waals surface area contributed by atoms with Crippen LogP contribution in [0.1, 0.15) is 40.5 Å². The third kappa shape index (κ3) is 4.23. The molecule has 0 aliphatic heterocycles. The summed E-state index contributed by atoms with van der Waals surface area (Å²) in [7, 11) is 0. The smallest absolute Gasteiger partial charge is 0.251 e. The van der Waals surface area contributed by atoms with Crippen LogP contribution in [0.3, 0.4) is 0 Å². The molecule has 6 nitrogen and oxygen atoms in total. The van der Waals surface area contributed by atoms with Crippen LogP contribution in [-0.4, -0.2) is 21.1 Å². The SMILES string of the molecule is Cc1cccc(Oc2ccc(C(=O)N[C@H](C)c3n[nH]c(C)n3)cc2)c1.